The van der Waals surface area contributed by atoms with Crippen molar-refractivity contribution in [2.75, 3.05) is 0 Å². The van der Waals surface area contributed by atoms with E-state index >= 15 is 0 Å². The van der Waals surface area contributed by atoms with E-state index in [1.165, 1.54) is 18.2 Å². The Morgan fingerprint density at radius 1 is 0.488 bits per heavy atom. The van der Waals surface area contributed by atoms with Crippen LogP contribution in [-0.2, 0) is 0 Å². The number of benzene rings is 4. The molecular formula is C28H25Cl2FN12. The van der Waals surface area contributed by atoms with Gasteiger partial charge in [-0.3, -0.25) is 0 Å². The zero-order chi connectivity index (χ0) is 32.2. The molecule has 0 fully saturated rings. The standard InChI is InChI=1S/2C7H6ClN3.C7H6FN3.C7H7N3/c1-5-4-6(8)2-3-7(5)10-11-9;1-5-2-3-6(8)4-7(5)10-11-9;1-5-4-6(8)2-3-7(5)10-11-9;1-6-4-2-3-5-7(6)9-10-8/h3*2-4H,1H3;2-5H,1H3. The zero-order valence-corrected chi connectivity index (χ0v) is 25.0. The van der Waals surface area contributed by atoms with E-state index < -0.39 is 0 Å². The van der Waals surface area contributed by atoms with Gasteiger partial charge in [0, 0.05) is 52.4 Å². The molecule has 0 aliphatic rings. The second-order valence-corrected chi connectivity index (χ2v) is 9.21. The molecule has 0 radical (unpaired) electrons. The fraction of sp³-hybridized carbons (Fsp3) is 0.143. The summed E-state index contributed by atoms with van der Waals surface area (Å²) in [5.74, 6) is -0.320. The average Bonchev–Trinajstić information content (AvgIpc) is 2.97. The first-order valence-electron chi connectivity index (χ1n) is 12.1. The molecule has 0 bridgehead atoms. The van der Waals surface area contributed by atoms with Gasteiger partial charge in [0.05, 0.1) is 0 Å². The van der Waals surface area contributed by atoms with E-state index in [0.717, 1.165) is 16.7 Å². The Morgan fingerprint density at radius 2 is 0.907 bits per heavy atom. The van der Waals surface area contributed by atoms with Crippen molar-refractivity contribution in [2.45, 2.75) is 27.7 Å². The van der Waals surface area contributed by atoms with Crippen LogP contribution in [0, 0.1) is 33.5 Å². The minimum Gasteiger partial charge on any atom is -0.207 e. The summed E-state index contributed by atoms with van der Waals surface area (Å²) in [6, 6.07) is 21.8. The maximum absolute atomic E-state index is 12.5. The van der Waals surface area contributed by atoms with Crippen molar-refractivity contribution in [2.24, 2.45) is 20.5 Å². The number of hydrogen-bond acceptors (Lipinski definition) is 4. The van der Waals surface area contributed by atoms with Gasteiger partial charge in [-0.1, -0.05) is 80.1 Å². The molecule has 218 valence electrons. The molecule has 0 heterocycles. The van der Waals surface area contributed by atoms with E-state index in [1.807, 2.05) is 45.0 Å². The van der Waals surface area contributed by atoms with Crippen molar-refractivity contribution in [3.8, 4) is 0 Å². The zero-order valence-electron chi connectivity index (χ0n) is 23.5. The van der Waals surface area contributed by atoms with Gasteiger partial charge in [-0.2, -0.15) is 0 Å². The van der Waals surface area contributed by atoms with Gasteiger partial charge in [0.15, 0.2) is 0 Å². The SMILES string of the molecule is Cc1cc(Cl)ccc1N=[N+]=[N-].Cc1cc(F)ccc1N=[N+]=[N-].Cc1ccc(Cl)cc1N=[N+]=[N-].Cc1ccccc1N=[N+]=[N-]. The van der Waals surface area contributed by atoms with Gasteiger partial charge in [-0.15, -0.1) is 0 Å². The summed E-state index contributed by atoms with van der Waals surface area (Å²) in [6.45, 7) is 7.30. The van der Waals surface area contributed by atoms with E-state index in [-0.39, 0.29) is 5.82 Å². The molecule has 0 N–H and O–H groups in total. The second kappa shape index (κ2) is 19.7. The van der Waals surface area contributed by atoms with Crippen molar-refractivity contribution in [3.63, 3.8) is 0 Å². The number of halogens is 3. The Morgan fingerprint density at radius 3 is 1.42 bits per heavy atom. The van der Waals surface area contributed by atoms with Gasteiger partial charge >= 0.3 is 0 Å². The van der Waals surface area contributed by atoms with Gasteiger partial charge in [-0.05, 0) is 115 Å². The molecule has 0 amide bonds. The van der Waals surface area contributed by atoms with Crippen LogP contribution in [-0.4, -0.2) is 0 Å². The molecule has 0 aromatic heterocycles. The maximum Gasteiger partial charge on any atom is 0.123 e. The summed E-state index contributed by atoms with van der Waals surface area (Å²) in [7, 11) is 0. The van der Waals surface area contributed by atoms with E-state index in [9.17, 15) is 4.39 Å². The van der Waals surface area contributed by atoms with Gasteiger partial charge in [0.25, 0.3) is 0 Å². The van der Waals surface area contributed by atoms with Crippen LogP contribution in [0.15, 0.2) is 99.3 Å². The predicted molar refractivity (Wildman–Crippen MR) is 170 cm³/mol. The third kappa shape index (κ3) is 13.7. The van der Waals surface area contributed by atoms with Crippen molar-refractivity contribution in [3.05, 3.63) is 159 Å². The van der Waals surface area contributed by atoms with Gasteiger partial charge < -0.3 is 0 Å². The molecule has 12 nitrogen and oxygen atoms in total. The van der Waals surface area contributed by atoms with Gasteiger partial charge in [0.1, 0.15) is 5.82 Å². The lowest BCUT2D eigenvalue weighted by Gasteiger charge is -1.97. The summed E-state index contributed by atoms with van der Waals surface area (Å²) >= 11 is 11.4. The molecule has 0 aliphatic carbocycles. The lowest BCUT2D eigenvalue weighted by Crippen LogP contribution is -1.76. The smallest absolute Gasteiger partial charge is 0.123 e. The van der Waals surface area contributed by atoms with E-state index in [2.05, 4.69) is 40.1 Å². The van der Waals surface area contributed by atoms with Crippen LogP contribution in [0.2, 0.25) is 10.0 Å². The van der Waals surface area contributed by atoms with Crippen LogP contribution in [0.25, 0.3) is 41.8 Å². The topological polar surface area (TPSA) is 195 Å². The number of aryl methyl sites for hydroxylation is 4. The largest absolute Gasteiger partial charge is 0.207 e. The Kier molecular flexibility index (Phi) is 16.3. The number of rotatable bonds is 4. The molecule has 0 unspecified atom stereocenters. The number of nitrogens with zero attached hydrogens (tertiary/aromatic N) is 12. The van der Waals surface area contributed by atoms with Crippen LogP contribution < -0.4 is 0 Å². The number of azide groups is 4. The summed E-state index contributed by atoms with van der Waals surface area (Å²) in [5, 5.41) is 15.0. The van der Waals surface area contributed by atoms with E-state index in [1.54, 1.807) is 43.3 Å². The molecule has 0 aliphatic heterocycles. The van der Waals surface area contributed by atoms with Crippen LogP contribution in [0.1, 0.15) is 22.3 Å². The summed E-state index contributed by atoms with van der Waals surface area (Å²) in [6.07, 6.45) is 0. The molecule has 4 aromatic rings. The molecule has 0 saturated carbocycles. The second-order valence-electron chi connectivity index (χ2n) is 8.34. The molecule has 4 aromatic carbocycles. The minimum atomic E-state index is -0.320. The average molecular weight is 619 g/mol. The highest BCUT2D eigenvalue weighted by Crippen LogP contribution is 2.23. The fourth-order valence-electron chi connectivity index (χ4n) is 3.02. The monoisotopic (exact) mass is 618 g/mol. The van der Waals surface area contributed by atoms with Crippen molar-refractivity contribution in [1.82, 2.24) is 0 Å². The van der Waals surface area contributed by atoms with E-state index in [0.29, 0.717) is 38.4 Å². The highest BCUT2D eigenvalue weighted by atomic mass is 35.5. The summed E-state index contributed by atoms with van der Waals surface area (Å²) in [5.41, 5.74) is 38.3. The maximum atomic E-state index is 12.5. The predicted octanol–water partition coefficient (Wildman–Crippen LogP) is 13.2. The Labute approximate surface area is 256 Å². The molecule has 4 rings (SSSR count). The molecule has 15 heteroatoms. The molecule has 0 spiro atoms. The fourth-order valence-corrected chi connectivity index (χ4v) is 3.41. The van der Waals surface area contributed by atoms with Crippen molar-refractivity contribution >= 4 is 46.0 Å². The van der Waals surface area contributed by atoms with Crippen LogP contribution in [0.3, 0.4) is 0 Å². The van der Waals surface area contributed by atoms with Crippen LogP contribution in [0.5, 0.6) is 0 Å². The van der Waals surface area contributed by atoms with Crippen LogP contribution in [0.4, 0.5) is 27.1 Å². The third-order valence-electron chi connectivity index (χ3n) is 5.21. The first-order chi connectivity index (χ1) is 20.6. The number of hydrogen-bond donors (Lipinski definition) is 0. The van der Waals surface area contributed by atoms with E-state index in [4.69, 9.17) is 45.3 Å². The van der Waals surface area contributed by atoms with Gasteiger partial charge in [0.2, 0.25) is 0 Å². The summed E-state index contributed by atoms with van der Waals surface area (Å²) in [4.78, 5) is 10.6. The van der Waals surface area contributed by atoms with Crippen molar-refractivity contribution < 1.29 is 4.39 Å². The first kappa shape index (κ1) is 35.7. The van der Waals surface area contributed by atoms with Crippen LogP contribution >= 0.6 is 23.2 Å². The molecule has 0 atom stereocenters. The highest BCUT2D eigenvalue weighted by molar-refractivity contribution is 6.31. The first-order valence-corrected chi connectivity index (χ1v) is 12.9. The lowest BCUT2D eigenvalue weighted by atomic mass is 10.2. The lowest BCUT2D eigenvalue weighted by molar-refractivity contribution is 0.627. The highest BCUT2D eigenvalue weighted by Gasteiger charge is 1.97. The Hall–Kier alpha value is -5.37. The van der Waals surface area contributed by atoms with Gasteiger partial charge in [-0.25, -0.2) is 4.39 Å². The normalized spacial score (nSPS) is 8.81. The Balaban J connectivity index is 0.000000287. The molecule has 43 heavy (non-hydrogen) atoms. The minimum absolute atomic E-state index is 0.320. The molecule has 0 saturated heterocycles. The Bertz CT molecular complexity index is 1670. The summed E-state index contributed by atoms with van der Waals surface area (Å²) < 4.78 is 12.5. The van der Waals surface area contributed by atoms with Crippen molar-refractivity contribution in [1.29, 1.82) is 0 Å². The molecular weight excluding hydrogens is 594 g/mol. The quantitative estimate of drug-likeness (QED) is 0.119. The third-order valence-corrected chi connectivity index (χ3v) is 5.68.